The first-order valence-corrected chi connectivity index (χ1v) is 15.6. The number of likely N-dealkylation sites (tertiary alicyclic amines) is 1. The lowest BCUT2D eigenvalue weighted by molar-refractivity contribution is -0.140. The van der Waals surface area contributed by atoms with Crippen molar-refractivity contribution in [2.24, 2.45) is 23.7 Å². The van der Waals surface area contributed by atoms with Crippen LogP contribution < -0.4 is 4.74 Å². The number of amides is 2. The lowest BCUT2D eigenvalue weighted by atomic mass is 9.44. The number of carbonyl (C=O) groups is 4. The number of phenolic OH excluding ortho intramolecular Hbond substituents is 1. The van der Waals surface area contributed by atoms with Crippen LogP contribution in [0.1, 0.15) is 42.4 Å². The zero-order valence-electron chi connectivity index (χ0n) is 24.9. The summed E-state index contributed by atoms with van der Waals surface area (Å²) in [4.78, 5) is 58.4. The molecule has 2 fully saturated rings. The van der Waals surface area contributed by atoms with Crippen LogP contribution in [-0.2, 0) is 24.6 Å². The molecule has 0 aromatic heterocycles. The number of benzene rings is 3. The van der Waals surface area contributed by atoms with E-state index in [1.807, 2.05) is 66.7 Å². The molecule has 1 N–H and O–H groups in total. The van der Waals surface area contributed by atoms with Gasteiger partial charge in [-0.1, -0.05) is 83.9 Å². The van der Waals surface area contributed by atoms with E-state index in [-0.39, 0.29) is 52.9 Å². The fourth-order valence-electron chi connectivity index (χ4n) is 8.54. The molecule has 228 valence electrons. The molecule has 4 aliphatic rings. The lowest BCUT2D eigenvalue weighted by Crippen LogP contribution is -2.58. The number of methoxy groups -OCH3 is 1. The zero-order valence-corrected chi connectivity index (χ0v) is 25.7. The number of phenols is 1. The van der Waals surface area contributed by atoms with Gasteiger partial charge in [-0.15, -0.1) is 0 Å². The van der Waals surface area contributed by atoms with Gasteiger partial charge in [0.25, 0.3) is 0 Å². The van der Waals surface area contributed by atoms with Crippen molar-refractivity contribution in [2.45, 2.75) is 31.1 Å². The maximum Gasteiger partial charge on any atom is 0.233 e. The Kier molecular flexibility index (Phi) is 7.04. The highest BCUT2D eigenvalue weighted by atomic mass is 35.5. The van der Waals surface area contributed by atoms with Crippen LogP contribution in [0.15, 0.2) is 90.5 Å². The molecule has 1 saturated heterocycles. The van der Waals surface area contributed by atoms with Crippen molar-refractivity contribution < 1.29 is 29.0 Å². The van der Waals surface area contributed by atoms with Crippen LogP contribution in [0, 0.1) is 23.7 Å². The molecule has 7 rings (SSSR count). The number of nitrogens with zero attached hydrogens (tertiary/aromatic N) is 1. The lowest BCUT2D eigenvalue weighted by Gasteiger charge is -2.55. The number of ether oxygens (including phenoxy) is 1. The largest absolute Gasteiger partial charge is 0.503 e. The van der Waals surface area contributed by atoms with Gasteiger partial charge in [-0.3, -0.25) is 24.1 Å². The first-order valence-electron chi connectivity index (χ1n) is 15.3. The van der Waals surface area contributed by atoms with E-state index >= 15 is 0 Å². The van der Waals surface area contributed by atoms with Gasteiger partial charge in [-0.05, 0) is 60.6 Å². The van der Waals surface area contributed by atoms with Crippen molar-refractivity contribution in [2.75, 3.05) is 13.7 Å². The number of hydrogen-bond donors (Lipinski definition) is 1. The van der Waals surface area contributed by atoms with Crippen LogP contribution in [0.5, 0.6) is 11.5 Å². The topological polar surface area (TPSA) is 101 Å². The Bertz CT molecular complexity index is 1810. The summed E-state index contributed by atoms with van der Waals surface area (Å²) in [6, 6.07) is 21.8. The number of halogens is 1. The van der Waals surface area contributed by atoms with Gasteiger partial charge >= 0.3 is 0 Å². The minimum absolute atomic E-state index is 0.0416. The van der Waals surface area contributed by atoms with Crippen LogP contribution in [0.3, 0.4) is 0 Å². The molecule has 7 nitrogen and oxygen atoms in total. The number of ketones is 2. The molecule has 0 bridgehead atoms. The van der Waals surface area contributed by atoms with Crippen LogP contribution in [0.2, 0.25) is 5.02 Å². The highest BCUT2D eigenvalue weighted by Gasteiger charge is 2.65. The highest BCUT2D eigenvalue weighted by molar-refractivity contribution is 6.33. The Balaban J connectivity index is 1.54. The first-order chi connectivity index (χ1) is 21.7. The molecule has 8 heteroatoms. The Morgan fingerprint density at radius 2 is 1.64 bits per heavy atom. The molecular weight excluding hydrogens is 590 g/mol. The molecule has 2 amide bonds. The van der Waals surface area contributed by atoms with Crippen molar-refractivity contribution in [1.82, 2.24) is 4.90 Å². The summed E-state index contributed by atoms with van der Waals surface area (Å²) in [5.41, 5.74) is 1.69. The number of hydrogen-bond acceptors (Lipinski definition) is 6. The van der Waals surface area contributed by atoms with Gasteiger partial charge in [-0.25, -0.2) is 0 Å². The molecule has 1 heterocycles. The number of carbonyl (C=O) groups excluding carboxylic acids is 4. The van der Waals surface area contributed by atoms with E-state index in [0.717, 1.165) is 5.57 Å². The number of allylic oxidation sites excluding steroid dienone is 4. The van der Waals surface area contributed by atoms with Crippen molar-refractivity contribution in [1.29, 1.82) is 0 Å². The van der Waals surface area contributed by atoms with Gasteiger partial charge < -0.3 is 9.84 Å². The van der Waals surface area contributed by atoms with Gasteiger partial charge in [-0.2, -0.15) is 0 Å². The van der Waals surface area contributed by atoms with Gasteiger partial charge in [0.1, 0.15) is 0 Å². The van der Waals surface area contributed by atoms with Crippen molar-refractivity contribution in [3.8, 4) is 11.5 Å². The molecule has 1 saturated carbocycles. The Morgan fingerprint density at radius 1 is 0.956 bits per heavy atom. The van der Waals surface area contributed by atoms with Crippen molar-refractivity contribution >= 4 is 40.6 Å². The third-order valence-corrected chi connectivity index (χ3v) is 10.7. The summed E-state index contributed by atoms with van der Waals surface area (Å²) in [6.07, 6.45) is 4.05. The maximum atomic E-state index is 15.0. The SMILES string of the molecule is CCN1C(=O)[C@H]2[C@H](CC=C3[C@H]2C[C@H]2C(=O)C(c4ccccc4)=CC(=O)[C@@]2(c2ccccc2)[C@H]3c2cc(Cl)c(O)c(OC)c2)C1=O. The normalized spacial score (nSPS) is 29.0. The number of Topliss-reactive ketones (excluding diaryl/α,β-unsaturated/α-hetero) is 1. The highest BCUT2D eigenvalue weighted by Crippen LogP contribution is 2.64. The molecule has 0 unspecified atom stereocenters. The van der Waals surface area contributed by atoms with E-state index in [4.69, 9.17) is 16.3 Å². The average Bonchev–Trinajstić information content (AvgIpc) is 3.32. The number of aromatic hydroxyl groups is 1. The molecule has 3 aliphatic carbocycles. The van der Waals surface area contributed by atoms with Gasteiger partial charge in [0, 0.05) is 24.0 Å². The van der Waals surface area contributed by atoms with Gasteiger partial charge in [0.05, 0.1) is 29.4 Å². The van der Waals surface area contributed by atoms with Crippen LogP contribution in [0.25, 0.3) is 5.57 Å². The minimum atomic E-state index is -1.38. The molecule has 0 spiro atoms. The molecule has 3 aromatic rings. The van der Waals surface area contributed by atoms with E-state index in [9.17, 15) is 24.3 Å². The Morgan fingerprint density at radius 3 is 2.31 bits per heavy atom. The second-order valence-electron chi connectivity index (χ2n) is 12.3. The maximum absolute atomic E-state index is 15.0. The van der Waals surface area contributed by atoms with E-state index in [0.29, 0.717) is 28.7 Å². The number of imide groups is 1. The van der Waals surface area contributed by atoms with Gasteiger partial charge in [0.15, 0.2) is 23.1 Å². The van der Waals surface area contributed by atoms with Crippen molar-refractivity contribution in [3.63, 3.8) is 0 Å². The summed E-state index contributed by atoms with van der Waals surface area (Å²) in [6.45, 7) is 2.06. The summed E-state index contributed by atoms with van der Waals surface area (Å²) in [7, 11) is 1.42. The molecule has 6 atom stereocenters. The molecule has 3 aromatic carbocycles. The second-order valence-corrected chi connectivity index (χ2v) is 12.7. The fourth-order valence-corrected chi connectivity index (χ4v) is 8.76. The van der Waals surface area contributed by atoms with E-state index in [1.54, 1.807) is 19.1 Å². The quantitative estimate of drug-likeness (QED) is 0.281. The third kappa shape index (κ3) is 4.10. The summed E-state index contributed by atoms with van der Waals surface area (Å²) >= 11 is 6.58. The predicted molar refractivity (Wildman–Crippen MR) is 169 cm³/mol. The Hall–Kier alpha value is -4.49. The smallest absolute Gasteiger partial charge is 0.233 e. The summed E-state index contributed by atoms with van der Waals surface area (Å²) < 4.78 is 5.50. The second kappa shape index (κ2) is 10.8. The first kappa shape index (κ1) is 29.2. The number of fused-ring (bicyclic) bond motifs is 4. The predicted octanol–water partition coefficient (Wildman–Crippen LogP) is 5.90. The van der Waals surface area contributed by atoms with E-state index < -0.39 is 35.0 Å². The average molecular weight is 622 g/mol. The summed E-state index contributed by atoms with van der Waals surface area (Å²) in [5, 5.41) is 10.7. The molecular formula is C37H32ClNO6. The van der Waals surface area contributed by atoms with Crippen LogP contribution in [-0.4, -0.2) is 47.0 Å². The number of rotatable bonds is 5. The standard InChI is InChI=1S/C37H32ClNO6/c1-3-39-35(43)24-15-14-23-26(31(24)36(39)44)18-27-33(41)25(20-10-6-4-7-11-20)19-30(40)37(27,22-12-8-5-9-13-22)32(23)21-16-28(38)34(42)29(17-21)45-2/h4-14,16-17,19,24,26-27,31-32,42H,3,15,18H2,1-2H3/t24-,26+,27-,31-,32-,37-/m0/s1. The van der Waals surface area contributed by atoms with Crippen molar-refractivity contribution in [3.05, 3.63) is 112 Å². The summed E-state index contributed by atoms with van der Waals surface area (Å²) in [5.74, 6) is -4.14. The Labute approximate surface area is 266 Å². The monoisotopic (exact) mass is 621 g/mol. The van der Waals surface area contributed by atoms with Crippen LogP contribution >= 0.6 is 11.6 Å². The van der Waals surface area contributed by atoms with Gasteiger partial charge in [0.2, 0.25) is 11.8 Å². The minimum Gasteiger partial charge on any atom is -0.503 e. The third-order valence-electron chi connectivity index (χ3n) is 10.4. The molecule has 45 heavy (non-hydrogen) atoms. The van der Waals surface area contributed by atoms with E-state index in [2.05, 4.69) is 0 Å². The fraction of sp³-hybridized carbons (Fsp3) is 0.297. The van der Waals surface area contributed by atoms with Crippen LogP contribution in [0.4, 0.5) is 0 Å². The zero-order chi connectivity index (χ0) is 31.6. The van der Waals surface area contributed by atoms with E-state index in [1.165, 1.54) is 18.1 Å². The molecule has 0 radical (unpaired) electrons. The molecule has 1 aliphatic heterocycles.